The highest BCUT2D eigenvalue weighted by Gasteiger charge is 2.32. The van der Waals surface area contributed by atoms with Crippen LogP contribution >= 0.6 is 15.9 Å². The molecule has 1 heterocycles. The molecule has 0 aliphatic carbocycles. The van der Waals surface area contributed by atoms with E-state index in [-0.39, 0.29) is 22.0 Å². The summed E-state index contributed by atoms with van der Waals surface area (Å²) in [5.74, 6) is -1.59. The van der Waals surface area contributed by atoms with Crippen LogP contribution in [0.2, 0.25) is 0 Å². The van der Waals surface area contributed by atoms with E-state index in [2.05, 4.69) is 15.9 Å². The van der Waals surface area contributed by atoms with Gasteiger partial charge in [0.05, 0.1) is 5.69 Å². The topological polar surface area (TPSA) is 46.3 Å². The van der Waals surface area contributed by atoms with Crippen LogP contribution in [0, 0.1) is 17.6 Å². The highest BCUT2D eigenvalue weighted by atomic mass is 79.9. The Kier molecular flexibility index (Phi) is 3.44. The van der Waals surface area contributed by atoms with Gasteiger partial charge in [-0.1, -0.05) is 0 Å². The average Bonchev–Trinajstić information content (AvgIpc) is 2.59. The molecule has 0 radical (unpaired) electrons. The van der Waals surface area contributed by atoms with E-state index in [4.69, 9.17) is 5.73 Å². The quantitative estimate of drug-likeness (QED) is 0.909. The second-order valence-corrected chi connectivity index (χ2v) is 4.88. The number of hydrogen-bond acceptors (Lipinski definition) is 2. The largest absolute Gasteiger partial charge is 0.330 e. The van der Waals surface area contributed by atoms with Crippen LogP contribution in [0.15, 0.2) is 16.6 Å². The highest BCUT2D eigenvalue weighted by Crippen LogP contribution is 2.34. The molecule has 3 nitrogen and oxygen atoms in total. The third-order valence-electron chi connectivity index (χ3n) is 2.79. The molecule has 1 atom stereocenters. The van der Waals surface area contributed by atoms with Gasteiger partial charge in [0.1, 0.15) is 5.82 Å². The minimum atomic E-state index is -0.747. The van der Waals surface area contributed by atoms with E-state index in [0.717, 1.165) is 12.1 Å². The van der Waals surface area contributed by atoms with Crippen molar-refractivity contribution < 1.29 is 13.6 Å². The number of carbonyl (C=O) groups excluding carboxylic acids is 1. The third-order valence-corrected chi connectivity index (χ3v) is 3.39. The number of anilines is 1. The van der Waals surface area contributed by atoms with Crippen LogP contribution < -0.4 is 10.6 Å². The number of nitrogens with two attached hydrogens (primary N) is 1. The van der Waals surface area contributed by atoms with Crippen molar-refractivity contribution in [3.63, 3.8) is 0 Å². The summed E-state index contributed by atoms with van der Waals surface area (Å²) in [6.07, 6.45) is 0.305. The molecule has 0 saturated carbocycles. The SMILES string of the molecule is NCC1CC(=O)N(c2c(F)cc(F)cc2Br)C1. The lowest BCUT2D eigenvalue weighted by atomic mass is 10.1. The predicted molar refractivity (Wildman–Crippen MR) is 63.6 cm³/mol. The van der Waals surface area contributed by atoms with Crippen LogP contribution in [-0.2, 0) is 4.79 Å². The number of benzene rings is 1. The first-order chi connectivity index (χ1) is 8.02. The van der Waals surface area contributed by atoms with Crippen LogP contribution in [0.25, 0.3) is 0 Å². The van der Waals surface area contributed by atoms with Crippen LogP contribution in [0.3, 0.4) is 0 Å². The van der Waals surface area contributed by atoms with Gasteiger partial charge in [-0.25, -0.2) is 8.78 Å². The van der Waals surface area contributed by atoms with Gasteiger partial charge in [-0.15, -0.1) is 0 Å². The monoisotopic (exact) mass is 304 g/mol. The molecule has 1 aromatic carbocycles. The summed E-state index contributed by atoms with van der Waals surface area (Å²) >= 11 is 3.07. The zero-order valence-electron chi connectivity index (χ0n) is 8.92. The second kappa shape index (κ2) is 4.70. The summed E-state index contributed by atoms with van der Waals surface area (Å²) in [7, 11) is 0. The zero-order valence-corrected chi connectivity index (χ0v) is 10.5. The van der Waals surface area contributed by atoms with Crippen LogP contribution in [0.5, 0.6) is 0 Å². The molecule has 1 fully saturated rings. The Balaban J connectivity index is 2.38. The maximum absolute atomic E-state index is 13.7. The average molecular weight is 305 g/mol. The lowest BCUT2D eigenvalue weighted by molar-refractivity contribution is -0.117. The van der Waals surface area contributed by atoms with E-state index >= 15 is 0 Å². The van der Waals surface area contributed by atoms with Gasteiger partial charge in [-0.2, -0.15) is 0 Å². The summed E-state index contributed by atoms with van der Waals surface area (Å²) < 4.78 is 26.9. The van der Waals surface area contributed by atoms with Gasteiger partial charge in [0.2, 0.25) is 5.91 Å². The lowest BCUT2D eigenvalue weighted by Gasteiger charge is -2.19. The van der Waals surface area contributed by atoms with Gasteiger partial charge in [0.25, 0.3) is 0 Å². The smallest absolute Gasteiger partial charge is 0.227 e. The van der Waals surface area contributed by atoms with E-state index in [9.17, 15) is 13.6 Å². The predicted octanol–water partition coefficient (Wildman–Crippen LogP) is 2.04. The standard InChI is InChI=1S/C11H11BrF2N2O/c12-8-2-7(13)3-9(14)11(8)16-5-6(4-15)1-10(16)17/h2-3,6H,1,4-5,15H2. The highest BCUT2D eigenvalue weighted by molar-refractivity contribution is 9.10. The van der Waals surface area contributed by atoms with Gasteiger partial charge < -0.3 is 10.6 Å². The Bertz CT molecular complexity index is 444. The summed E-state index contributed by atoms with van der Waals surface area (Å²) in [5, 5.41) is 0. The summed E-state index contributed by atoms with van der Waals surface area (Å²) in [6, 6.07) is 1.91. The number of carbonyl (C=O) groups is 1. The number of amides is 1. The van der Waals surface area contributed by atoms with Crippen molar-refractivity contribution >= 4 is 27.5 Å². The molecule has 17 heavy (non-hydrogen) atoms. The van der Waals surface area contributed by atoms with Crippen molar-refractivity contribution in [3.05, 3.63) is 28.2 Å². The fourth-order valence-electron chi connectivity index (χ4n) is 1.95. The lowest BCUT2D eigenvalue weighted by Crippen LogP contribution is -2.27. The van der Waals surface area contributed by atoms with Gasteiger partial charge in [-0.3, -0.25) is 4.79 Å². The summed E-state index contributed by atoms with van der Waals surface area (Å²) in [4.78, 5) is 13.0. The first kappa shape index (κ1) is 12.4. The minimum absolute atomic E-state index is 0.0267. The van der Waals surface area contributed by atoms with Crippen molar-refractivity contribution in [2.45, 2.75) is 6.42 Å². The molecule has 1 aliphatic heterocycles. The van der Waals surface area contributed by atoms with Gasteiger partial charge in [0.15, 0.2) is 5.82 Å². The number of nitrogens with zero attached hydrogens (tertiary/aromatic N) is 1. The first-order valence-electron chi connectivity index (χ1n) is 5.18. The zero-order chi connectivity index (χ0) is 12.6. The first-order valence-corrected chi connectivity index (χ1v) is 5.97. The fraction of sp³-hybridized carbons (Fsp3) is 0.364. The molecule has 1 saturated heterocycles. The van der Waals surface area contributed by atoms with Gasteiger partial charge >= 0.3 is 0 Å². The normalized spacial score (nSPS) is 20.1. The Morgan fingerprint density at radius 3 is 2.71 bits per heavy atom. The van der Waals surface area contributed by atoms with E-state index in [1.807, 2.05) is 0 Å². The molecule has 1 aromatic rings. The molecule has 6 heteroatoms. The molecule has 0 spiro atoms. The van der Waals surface area contributed by atoms with Crippen molar-refractivity contribution in [1.29, 1.82) is 0 Å². The van der Waals surface area contributed by atoms with Crippen LogP contribution in [-0.4, -0.2) is 19.0 Å². The summed E-state index contributed by atoms with van der Waals surface area (Å²) in [5.41, 5.74) is 5.58. The Morgan fingerprint density at radius 1 is 1.47 bits per heavy atom. The molecular weight excluding hydrogens is 294 g/mol. The van der Waals surface area contributed by atoms with Crippen molar-refractivity contribution in [2.75, 3.05) is 18.0 Å². The van der Waals surface area contributed by atoms with Crippen LogP contribution in [0.1, 0.15) is 6.42 Å². The molecule has 92 valence electrons. The molecule has 0 aromatic heterocycles. The minimum Gasteiger partial charge on any atom is -0.330 e. The van der Waals surface area contributed by atoms with Crippen molar-refractivity contribution in [1.82, 2.24) is 0 Å². The summed E-state index contributed by atoms with van der Waals surface area (Å²) in [6.45, 7) is 0.749. The number of rotatable bonds is 2. The second-order valence-electron chi connectivity index (χ2n) is 4.03. The number of halogens is 3. The van der Waals surface area contributed by atoms with Crippen molar-refractivity contribution in [2.24, 2.45) is 11.7 Å². The van der Waals surface area contributed by atoms with E-state index < -0.39 is 11.6 Å². The maximum atomic E-state index is 13.7. The Hall–Kier alpha value is -1.01. The maximum Gasteiger partial charge on any atom is 0.227 e. The molecule has 2 N–H and O–H groups in total. The molecule has 1 unspecified atom stereocenters. The number of hydrogen-bond donors (Lipinski definition) is 1. The molecule has 2 rings (SSSR count). The van der Waals surface area contributed by atoms with Crippen LogP contribution in [0.4, 0.5) is 14.5 Å². The van der Waals surface area contributed by atoms with Gasteiger partial charge in [-0.05, 0) is 34.5 Å². The molecular formula is C11H11BrF2N2O. The van der Waals surface area contributed by atoms with Gasteiger partial charge in [0, 0.05) is 23.5 Å². The van der Waals surface area contributed by atoms with E-state index in [0.29, 0.717) is 19.5 Å². The Morgan fingerprint density at radius 2 is 2.18 bits per heavy atom. The molecule has 0 bridgehead atoms. The van der Waals surface area contributed by atoms with E-state index in [1.165, 1.54) is 4.90 Å². The third kappa shape index (κ3) is 2.32. The fourth-order valence-corrected chi connectivity index (χ4v) is 2.57. The van der Waals surface area contributed by atoms with Crippen molar-refractivity contribution in [3.8, 4) is 0 Å². The molecule has 1 amide bonds. The molecule has 1 aliphatic rings. The Labute approximate surface area is 106 Å². The van der Waals surface area contributed by atoms with E-state index in [1.54, 1.807) is 0 Å².